The third-order valence-electron chi connectivity index (χ3n) is 5.39. The van der Waals surface area contributed by atoms with E-state index in [1.165, 1.54) is 0 Å². The van der Waals surface area contributed by atoms with Gasteiger partial charge in [0.15, 0.2) is 0 Å². The number of likely N-dealkylation sites (tertiary alicyclic amines) is 1. The molecule has 3 amide bonds. The number of rotatable bonds is 7. The highest BCUT2D eigenvalue weighted by Gasteiger charge is 2.27. The first-order valence-corrected chi connectivity index (χ1v) is 12.5. The van der Waals surface area contributed by atoms with E-state index in [0.29, 0.717) is 36.2 Å². The zero-order valence-corrected chi connectivity index (χ0v) is 21.2. The molecule has 1 aromatic heterocycles. The number of hydrogen-bond acceptors (Lipinski definition) is 9. The van der Waals surface area contributed by atoms with Gasteiger partial charge in [-0.2, -0.15) is 4.98 Å². The van der Waals surface area contributed by atoms with Gasteiger partial charge in [0.1, 0.15) is 11.9 Å². The van der Waals surface area contributed by atoms with Crippen molar-refractivity contribution in [3.05, 3.63) is 46.5 Å². The van der Waals surface area contributed by atoms with Crippen LogP contribution in [0.25, 0.3) is 6.08 Å². The Kier molecular flexibility index (Phi) is 8.09. The normalized spacial score (nSPS) is 18.9. The van der Waals surface area contributed by atoms with E-state index < -0.39 is 5.91 Å². The Balaban J connectivity index is 1.37. The van der Waals surface area contributed by atoms with Gasteiger partial charge in [-0.05, 0) is 61.2 Å². The summed E-state index contributed by atoms with van der Waals surface area (Å²) in [6.45, 7) is 7.30. The highest BCUT2D eigenvalue weighted by Crippen LogP contribution is 2.28. The van der Waals surface area contributed by atoms with Gasteiger partial charge in [0.25, 0.3) is 11.1 Å². The van der Waals surface area contributed by atoms with Crippen molar-refractivity contribution in [1.82, 2.24) is 20.2 Å². The van der Waals surface area contributed by atoms with Crippen LogP contribution in [-0.2, 0) is 9.53 Å². The van der Waals surface area contributed by atoms with Crippen LogP contribution < -0.4 is 14.8 Å². The van der Waals surface area contributed by atoms with E-state index in [2.05, 4.69) is 15.3 Å². The number of ether oxygens (including phenoxy) is 3. The molecule has 1 N–H and O–H groups in total. The number of piperidine rings is 1. The monoisotopic (exact) mass is 512 g/mol. The number of thioether (sulfide) groups is 1. The number of carbonyl (C=O) groups excluding carboxylic acids is 3. The number of nitrogens with one attached hydrogen (secondary N) is 1. The molecule has 2 fully saturated rings. The van der Waals surface area contributed by atoms with Gasteiger partial charge in [0.2, 0.25) is 5.88 Å². The summed E-state index contributed by atoms with van der Waals surface area (Å²) in [5.74, 6) is 0.778. The first kappa shape index (κ1) is 25.5. The van der Waals surface area contributed by atoms with Crippen LogP contribution in [0.4, 0.5) is 9.59 Å². The molecule has 0 bridgehead atoms. The third-order valence-corrected chi connectivity index (χ3v) is 6.20. The van der Waals surface area contributed by atoms with Crippen molar-refractivity contribution in [3.63, 3.8) is 0 Å². The van der Waals surface area contributed by atoms with Crippen LogP contribution in [0.5, 0.6) is 17.6 Å². The van der Waals surface area contributed by atoms with Crippen molar-refractivity contribution in [1.29, 1.82) is 0 Å². The van der Waals surface area contributed by atoms with Crippen LogP contribution in [0.3, 0.4) is 0 Å². The van der Waals surface area contributed by atoms with E-state index >= 15 is 0 Å². The molecule has 0 radical (unpaired) electrons. The number of carbonyl (C=O) groups is 3. The quantitative estimate of drug-likeness (QED) is 0.533. The van der Waals surface area contributed by atoms with Crippen molar-refractivity contribution in [3.8, 4) is 17.6 Å². The lowest BCUT2D eigenvalue weighted by Gasteiger charge is -2.32. The van der Waals surface area contributed by atoms with Crippen LogP contribution in [-0.4, -0.2) is 57.9 Å². The average Bonchev–Trinajstić information content (AvgIpc) is 3.17. The maximum atomic E-state index is 12.3. The average molecular weight is 513 g/mol. The summed E-state index contributed by atoms with van der Waals surface area (Å²) in [5.41, 5.74) is 1.50. The number of nitrogens with zero attached hydrogens (tertiary/aromatic N) is 3. The van der Waals surface area contributed by atoms with Gasteiger partial charge in [0.05, 0.1) is 18.1 Å². The predicted octanol–water partition coefficient (Wildman–Crippen LogP) is 4.54. The minimum absolute atomic E-state index is 0.127. The molecule has 0 aliphatic carbocycles. The largest absolute Gasteiger partial charge is 0.472 e. The van der Waals surface area contributed by atoms with Gasteiger partial charge >= 0.3 is 12.1 Å². The maximum absolute atomic E-state index is 12.3. The van der Waals surface area contributed by atoms with E-state index in [-0.39, 0.29) is 29.4 Å². The summed E-state index contributed by atoms with van der Waals surface area (Å²) in [7, 11) is 0. The fraction of sp³-hybridized carbons (Fsp3) is 0.400. The lowest BCUT2D eigenvalue weighted by atomic mass is 10.1. The van der Waals surface area contributed by atoms with Crippen LogP contribution in [0.15, 0.2) is 35.4 Å². The van der Waals surface area contributed by atoms with E-state index in [1.54, 1.807) is 41.4 Å². The zero-order chi connectivity index (χ0) is 25.7. The first-order chi connectivity index (χ1) is 17.3. The van der Waals surface area contributed by atoms with Crippen molar-refractivity contribution < 1.29 is 28.6 Å². The van der Waals surface area contributed by atoms with Gasteiger partial charge in [0, 0.05) is 18.3 Å². The van der Waals surface area contributed by atoms with Gasteiger partial charge in [-0.15, -0.1) is 0 Å². The molecule has 1 aromatic carbocycles. The van der Waals surface area contributed by atoms with Gasteiger partial charge in [-0.3, -0.25) is 14.9 Å². The Labute approximate surface area is 213 Å². The Morgan fingerprint density at radius 2 is 2.06 bits per heavy atom. The molecule has 2 aliphatic rings. The minimum Gasteiger partial charge on any atom is -0.472 e. The third kappa shape index (κ3) is 6.75. The smallest absolute Gasteiger partial charge is 0.409 e. The standard InChI is InChI=1S/C25H28N4O6S/c1-15(2)14-33-25(32)29-10-4-5-19(13-29)34-22-16(3)12-26-23(28-22)35-18-8-6-17(7-9-18)11-20-21(30)27-24(31)36-20/h6-9,11-12,15,19H,4-5,10,13-14H2,1-3H3,(H,27,30,31)/b20-11-. The molecule has 1 unspecified atom stereocenters. The summed E-state index contributed by atoms with van der Waals surface area (Å²) >= 11 is 0.865. The number of aromatic nitrogens is 2. The van der Waals surface area contributed by atoms with Gasteiger partial charge < -0.3 is 19.1 Å². The molecule has 3 heterocycles. The van der Waals surface area contributed by atoms with E-state index in [1.807, 2.05) is 20.8 Å². The SMILES string of the molecule is Cc1cnc(Oc2ccc(/C=C3\SC(=O)NC3=O)cc2)nc1OC1CCCN(C(=O)OCC(C)C)C1. The zero-order valence-electron chi connectivity index (χ0n) is 20.4. The second-order valence-corrected chi connectivity index (χ2v) is 9.98. The molecule has 1 atom stereocenters. The maximum Gasteiger partial charge on any atom is 0.409 e. The van der Waals surface area contributed by atoms with Crippen LogP contribution in [0, 0.1) is 12.8 Å². The first-order valence-electron chi connectivity index (χ1n) is 11.7. The second-order valence-electron chi connectivity index (χ2n) is 8.96. The molecule has 4 rings (SSSR count). The topological polar surface area (TPSA) is 120 Å². The predicted molar refractivity (Wildman–Crippen MR) is 134 cm³/mol. The number of amides is 3. The van der Waals surface area contributed by atoms with Crippen molar-refractivity contribution >= 4 is 35.1 Å². The summed E-state index contributed by atoms with van der Waals surface area (Å²) in [6.07, 6.45) is 4.34. The summed E-state index contributed by atoms with van der Waals surface area (Å²) in [5, 5.41) is 1.84. The molecule has 2 saturated heterocycles. The van der Waals surface area contributed by atoms with Crippen molar-refractivity contribution in [2.24, 2.45) is 5.92 Å². The lowest BCUT2D eigenvalue weighted by Crippen LogP contribution is -2.45. The molecule has 0 saturated carbocycles. The summed E-state index contributed by atoms with van der Waals surface area (Å²) in [6, 6.07) is 7.09. The molecule has 11 heteroatoms. The van der Waals surface area contributed by atoms with Gasteiger partial charge in [-0.1, -0.05) is 26.0 Å². The fourth-order valence-corrected chi connectivity index (χ4v) is 4.26. The number of imide groups is 1. The Hall–Kier alpha value is -3.60. The number of benzene rings is 1. The summed E-state index contributed by atoms with van der Waals surface area (Å²) in [4.78, 5) is 46.0. The number of aryl methyl sites for hydroxylation is 1. The molecule has 2 aliphatic heterocycles. The van der Waals surface area contributed by atoms with Crippen LogP contribution in [0.2, 0.25) is 0 Å². The van der Waals surface area contributed by atoms with E-state index in [4.69, 9.17) is 14.2 Å². The lowest BCUT2D eigenvalue weighted by molar-refractivity contribution is -0.115. The van der Waals surface area contributed by atoms with E-state index in [0.717, 1.165) is 35.7 Å². The highest BCUT2D eigenvalue weighted by molar-refractivity contribution is 8.18. The fourth-order valence-electron chi connectivity index (χ4n) is 3.58. The summed E-state index contributed by atoms with van der Waals surface area (Å²) < 4.78 is 17.3. The minimum atomic E-state index is -0.403. The van der Waals surface area contributed by atoms with Crippen molar-refractivity contribution in [2.45, 2.75) is 39.7 Å². The molecular weight excluding hydrogens is 484 g/mol. The Morgan fingerprint density at radius 1 is 1.28 bits per heavy atom. The highest BCUT2D eigenvalue weighted by atomic mass is 32.2. The van der Waals surface area contributed by atoms with Crippen LogP contribution >= 0.6 is 11.8 Å². The van der Waals surface area contributed by atoms with Crippen LogP contribution in [0.1, 0.15) is 37.8 Å². The molecule has 0 spiro atoms. The Morgan fingerprint density at radius 3 is 2.75 bits per heavy atom. The molecule has 2 aromatic rings. The number of hydrogen-bond donors (Lipinski definition) is 1. The Bertz CT molecular complexity index is 1170. The molecular formula is C25H28N4O6S. The van der Waals surface area contributed by atoms with E-state index in [9.17, 15) is 14.4 Å². The molecule has 190 valence electrons. The van der Waals surface area contributed by atoms with Crippen molar-refractivity contribution in [2.75, 3.05) is 19.7 Å². The molecule has 36 heavy (non-hydrogen) atoms. The van der Waals surface area contributed by atoms with Gasteiger partial charge in [-0.25, -0.2) is 9.78 Å². The molecule has 10 nitrogen and oxygen atoms in total. The second kappa shape index (κ2) is 11.4.